The van der Waals surface area contributed by atoms with Crippen LogP contribution in [0.4, 0.5) is 5.69 Å². The first kappa shape index (κ1) is 25.6. The van der Waals surface area contributed by atoms with Crippen LogP contribution in [0.1, 0.15) is 16.7 Å². The van der Waals surface area contributed by atoms with E-state index in [9.17, 15) is 20.2 Å². The molecule has 8 nitrogen and oxygen atoms in total. The molecule has 0 bridgehead atoms. The molecule has 0 aromatic heterocycles. The van der Waals surface area contributed by atoms with Crippen molar-refractivity contribution in [3.63, 3.8) is 0 Å². The lowest BCUT2D eigenvalue weighted by atomic mass is 10.1. The molecule has 0 unspecified atom stereocenters. The highest BCUT2D eigenvalue weighted by Gasteiger charge is 2.14. The van der Waals surface area contributed by atoms with Crippen molar-refractivity contribution in [1.82, 2.24) is 5.32 Å². The number of nitrogens with zero attached hydrogens (tertiary/aromatic N) is 2. The Balaban J connectivity index is 1.69. The molecule has 1 N–H and O–H groups in total. The minimum absolute atomic E-state index is 0.00746. The number of hydrogen-bond donors (Lipinski definition) is 1. The molecule has 35 heavy (non-hydrogen) atoms. The predicted molar refractivity (Wildman–Crippen MR) is 132 cm³/mol. The van der Waals surface area contributed by atoms with Crippen LogP contribution >= 0.6 is 23.2 Å². The average molecular weight is 512 g/mol. The highest BCUT2D eigenvalue weighted by molar-refractivity contribution is 6.37. The molecule has 3 aromatic rings. The molecule has 0 atom stereocenters. The van der Waals surface area contributed by atoms with E-state index >= 15 is 0 Å². The smallest absolute Gasteiger partial charge is 0.269 e. The Morgan fingerprint density at radius 2 is 1.80 bits per heavy atom. The fraction of sp³-hybridized carbons (Fsp3) is 0.120. The number of ether oxygens (including phenoxy) is 2. The molecule has 0 aliphatic heterocycles. The summed E-state index contributed by atoms with van der Waals surface area (Å²) in [6.07, 6.45) is 1.37. The summed E-state index contributed by atoms with van der Waals surface area (Å²) >= 11 is 12.6. The normalized spacial score (nSPS) is 10.9. The number of nitrogens with one attached hydrogen (secondary N) is 1. The summed E-state index contributed by atoms with van der Waals surface area (Å²) in [6.45, 7) is 0.237. The molecule has 0 heterocycles. The topological polar surface area (TPSA) is 114 Å². The number of carbonyl (C=O) groups excluding carboxylic acids is 1. The van der Waals surface area contributed by atoms with Crippen molar-refractivity contribution in [3.8, 4) is 17.6 Å². The van der Waals surface area contributed by atoms with E-state index in [-0.39, 0.29) is 40.2 Å². The van der Waals surface area contributed by atoms with Crippen LogP contribution in [-0.4, -0.2) is 17.9 Å². The van der Waals surface area contributed by atoms with Crippen LogP contribution in [0.25, 0.3) is 6.08 Å². The van der Waals surface area contributed by atoms with Crippen molar-refractivity contribution in [1.29, 1.82) is 5.26 Å². The van der Waals surface area contributed by atoms with E-state index in [0.717, 1.165) is 5.56 Å². The van der Waals surface area contributed by atoms with Crippen LogP contribution in [0.5, 0.6) is 11.5 Å². The van der Waals surface area contributed by atoms with Crippen LogP contribution < -0.4 is 14.8 Å². The molecule has 3 aromatic carbocycles. The minimum atomic E-state index is -0.554. The molecule has 0 aliphatic carbocycles. The molecule has 0 aliphatic rings. The van der Waals surface area contributed by atoms with Gasteiger partial charge in [0.25, 0.3) is 11.6 Å². The summed E-state index contributed by atoms with van der Waals surface area (Å²) in [6, 6.07) is 18.0. The molecule has 3 rings (SSSR count). The Hall–Kier alpha value is -4.06. The fourth-order valence-corrected chi connectivity index (χ4v) is 3.67. The summed E-state index contributed by atoms with van der Waals surface area (Å²) in [4.78, 5) is 22.9. The van der Waals surface area contributed by atoms with E-state index in [0.29, 0.717) is 16.9 Å². The van der Waals surface area contributed by atoms with Gasteiger partial charge in [0.1, 0.15) is 24.0 Å². The molecule has 0 saturated carbocycles. The maximum absolute atomic E-state index is 12.5. The number of nitriles is 1. The molecular weight excluding hydrogens is 493 g/mol. The third-order valence-corrected chi connectivity index (χ3v) is 5.37. The van der Waals surface area contributed by atoms with Crippen LogP contribution in [0.2, 0.25) is 10.0 Å². The van der Waals surface area contributed by atoms with E-state index in [1.165, 1.54) is 30.3 Å². The Morgan fingerprint density at radius 1 is 1.11 bits per heavy atom. The third-order valence-electron chi connectivity index (χ3n) is 4.81. The van der Waals surface area contributed by atoms with Gasteiger partial charge in [-0.15, -0.1) is 0 Å². The quantitative estimate of drug-likeness (QED) is 0.170. The number of non-ortho nitro benzene ring substituents is 1. The average Bonchev–Trinajstić information content (AvgIpc) is 2.85. The standard InChI is InChI=1S/C25H19Cl2N3O5/c1-34-21-7-5-16(6-8-21)14-29-25(31)19(13-28)9-18-11-22(26)24(23(27)12-18)35-15-17-3-2-4-20(10-17)30(32)33/h2-12H,14-15H2,1H3,(H,29,31)/b19-9-. The number of methoxy groups -OCH3 is 1. The van der Waals surface area contributed by atoms with Crippen LogP contribution in [0, 0.1) is 21.4 Å². The lowest BCUT2D eigenvalue weighted by molar-refractivity contribution is -0.384. The number of nitro benzene ring substituents is 1. The van der Waals surface area contributed by atoms with E-state index in [2.05, 4.69) is 5.32 Å². The highest BCUT2D eigenvalue weighted by atomic mass is 35.5. The first-order valence-electron chi connectivity index (χ1n) is 10.2. The summed E-state index contributed by atoms with van der Waals surface area (Å²) < 4.78 is 10.8. The molecule has 0 spiro atoms. The second kappa shape index (κ2) is 11.9. The van der Waals surface area contributed by atoms with Gasteiger partial charge in [0.05, 0.1) is 22.1 Å². The highest BCUT2D eigenvalue weighted by Crippen LogP contribution is 2.35. The van der Waals surface area contributed by atoms with Crippen molar-refractivity contribution in [2.24, 2.45) is 0 Å². The fourth-order valence-electron chi connectivity index (χ4n) is 3.05. The van der Waals surface area contributed by atoms with Crippen molar-refractivity contribution in [2.45, 2.75) is 13.2 Å². The summed E-state index contributed by atoms with van der Waals surface area (Å²) in [5.74, 6) is 0.324. The number of benzene rings is 3. The summed E-state index contributed by atoms with van der Waals surface area (Å²) in [5.41, 5.74) is 1.65. The zero-order chi connectivity index (χ0) is 25.4. The van der Waals surface area contributed by atoms with Gasteiger partial charge in [-0.25, -0.2) is 0 Å². The van der Waals surface area contributed by atoms with Gasteiger partial charge >= 0.3 is 0 Å². The Bertz CT molecular complexity index is 1290. The third kappa shape index (κ3) is 6.96. The number of hydrogen-bond acceptors (Lipinski definition) is 6. The first-order chi connectivity index (χ1) is 16.8. The molecule has 0 fully saturated rings. The van der Waals surface area contributed by atoms with Crippen molar-refractivity contribution in [2.75, 3.05) is 7.11 Å². The lowest BCUT2D eigenvalue weighted by Gasteiger charge is -2.11. The van der Waals surface area contributed by atoms with Gasteiger partial charge in [0, 0.05) is 18.7 Å². The molecular formula is C25H19Cl2N3O5. The van der Waals surface area contributed by atoms with Gasteiger partial charge in [-0.2, -0.15) is 5.26 Å². The molecule has 1 amide bonds. The number of amides is 1. The maximum atomic E-state index is 12.5. The van der Waals surface area contributed by atoms with Gasteiger partial charge in [-0.05, 0) is 47.0 Å². The van der Waals surface area contributed by atoms with Gasteiger partial charge in [-0.3, -0.25) is 14.9 Å². The largest absolute Gasteiger partial charge is 0.497 e. The maximum Gasteiger partial charge on any atom is 0.269 e. The molecule has 178 valence electrons. The second-order valence-electron chi connectivity index (χ2n) is 7.23. The van der Waals surface area contributed by atoms with Crippen LogP contribution in [0.15, 0.2) is 66.2 Å². The van der Waals surface area contributed by atoms with Crippen molar-refractivity contribution >= 4 is 40.9 Å². The van der Waals surface area contributed by atoms with Crippen molar-refractivity contribution in [3.05, 3.63) is 103 Å². The Kier molecular flexibility index (Phi) is 8.68. The SMILES string of the molecule is COc1ccc(CNC(=O)/C(C#N)=C\c2cc(Cl)c(OCc3cccc([N+](=O)[O-])c3)c(Cl)c2)cc1. The number of nitro groups is 1. The Labute approximate surface area is 211 Å². The van der Waals surface area contributed by atoms with Gasteiger partial charge in [0.2, 0.25) is 0 Å². The van der Waals surface area contributed by atoms with Crippen LogP contribution in [-0.2, 0) is 17.9 Å². The van der Waals surface area contributed by atoms with Crippen LogP contribution in [0.3, 0.4) is 0 Å². The molecule has 0 radical (unpaired) electrons. The number of halogens is 2. The first-order valence-corrected chi connectivity index (χ1v) is 10.9. The molecule has 10 heteroatoms. The second-order valence-corrected chi connectivity index (χ2v) is 8.04. The van der Waals surface area contributed by atoms with E-state index in [4.69, 9.17) is 32.7 Å². The van der Waals surface area contributed by atoms with Gasteiger partial charge < -0.3 is 14.8 Å². The van der Waals surface area contributed by atoms with Crippen molar-refractivity contribution < 1.29 is 19.2 Å². The Morgan fingerprint density at radius 3 is 2.40 bits per heavy atom. The van der Waals surface area contributed by atoms with Gasteiger partial charge in [-0.1, -0.05) is 47.5 Å². The van der Waals surface area contributed by atoms with Gasteiger partial charge in [0.15, 0.2) is 5.75 Å². The van der Waals surface area contributed by atoms with E-state index in [1.807, 2.05) is 6.07 Å². The lowest BCUT2D eigenvalue weighted by Crippen LogP contribution is -2.23. The summed E-state index contributed by atoms with van der Waals surface area (Å²) in [7, 11) is 1.56. The molecule has 0 saturated heterocycles. The zero-order valence-corrected chi connectivity index (χ0v) is 20.0. The number of carbonyl (C=O) groups is 1. The summed E-state index contributed by atoms with van der Waals surface area (Å²) in [5, 5.41) is 23.4. The predicted octanol–water partition coefficient (Wildman–Crippen LogP) is 5.71. The van der Waals surface area contributed by atoms with E-state index < -0.39 is 10.8 Å². The number of rotatable bonds is 9. The minimum Gasteiger partial charge on any atom is -0.497 e. The zero-order valence-electron chi connectivity index (χ0n) is 18.5. The van der Waals surface area contributed by atoms with E-state index in [1.54, 1.807) is 43.5 Å². The monoisotopic (exact) mass is 511 g/mol.